The predicted octanol–water partition coefficient (Wildman–Crippen LogP) is 8.91. The summed E-state index contributed by atoms with van der Waals surface area (Å²) in [4.78, 5) is 21.1. The van der Waals surface area contributed by atoms with E-state index >= 15 is 0 Å². The molecule has 3 rings (SSSR count). The van der Waals surface area contributed by atoms with Crippen molar-refractivity contribution in [1.82, 2.24) is 9.97 Å². The molecule has 3 atom stereocenters. The second-order valence-electron chi connectivity index (χ2n) is 11.4. The average molecular weight is 571 g/mol. The number of carbonyl (C=O) groups is 1. The summed E-state index contributed by atoms with van der Waals surface area (Å²) in [5.41, 5.74) is -1.66. The molecule has 0 saturated carbocycles. The number of rotatable bonds is 15. The molecule has 2 aromatic carbocycles. The lowest BCUT2D eigenvalue weighted by molar-refractivity contribution is -0.147. The van der Waals surface area contributed by atoms with Crippen molar-refractivity contribution in [2.75, 3.05) is 6.61 Å². The van der Waals surface area contributed by atoms with Gasteiger partial charge in [0.05, 0.1) is 0 Å². The second kappa shape index (κ2) is 14.5. The third kappa shape index (κ3) is 9.58. The van der Waals surface area contributed by atoms with E-state index in [1.165, 1.54) is 13.8 Å². The van der Waals surface area contributed by atoms with Crippen LogP contribution >= 0.6 is 0 Å². The Kier molecular flexibility index (Phi) is 11.3. The largest absolute Gasteiger partial charge is 0.490 e. The number of unbranched alkanes of at least 4 members (excludes halogenated alkanes) is 1. The molecule has 1 aromatic heterocycles. The number of aromatic nitrogens is 2. The summed E-state index contributed by atoms with van der Waals surface area (Å²) in [5.74, 6) is 0.751. The van der Waals surface area contributed by atoms with Crippen molar-refractivity contribution in [3.05, 3.63) is 60.9 Å². The highest BCUT2D eigenvalue weighted by Crippen LogP contribution is 2.29. The molecule has 222 valence electrons. The number of hydrogen-bond acceptors (Lipinski definition) is 5. The minimum absolute atomic E-state index is 0.120. The van der Waals surface area contributed by atoms with E-state index in [0.29, 0.717) is 30.3 Å². The van der Waals surface area contributed by atoms with Crippen molar-refractivity contribution in [1.29, 1.82) is 0 Å². The maximum atomic E-state index is 14.7. The smallest absolute Gasteiger partial charge is 0.348 e. The van der Waals surface area contributed by atoms with Crippen LogP contribution in [0.3, 0.4) is 0 Å². The number of halogens is 3. The molecule has 0 aliphatic heterocycles. The molecule has 0 amide bonds. The lowest BCUT2D eigenvalue weighted by Gasteiger charge is -2.25. The Hall–Kier alpha value is -3.42. The van der Waals surface area contributed by atoms with Gasteiger partial charge in [-0.1, -0.05) is 45.7 Å². The fourth-order valence-electron chi connectivity index (χ4n) is 4.22. The van der Waals surface area contributed by atoms with Gasteiger partial charge in [-0.05, 0) is 87.4 Å². The van der Waals surface area contributed by atoms with E-state index in [9.17, 15) is 18.0 Å². The van der Waals surface area contributed by atoms with Crippen molar-refractivity contribution < 1.29 is 27.4 Å². The van der Waals surface area contributed by atoms with Gasteiger partial charge in [0.15, 0.2) is 12.0 Å². The number of alkyl halides is 3. The number of carbonyl (C=O) groups excluding carboxylic acids is 1. The molecule has 0 bridgehead atoms. The van der Waals surface area contributed by atoms with Crippen LogP contribution in [0.4, 0.5) is 13.2 Å². The Morgan fingerprint density at radius 2 is 1.44 bits per heavy atom. The zero-order valence-electron chi connectivity index (χ0n) is 24.6. The Balaban J connectivity index is 1.55. The molecular formula is C33H41F3N2O3. The van der Waals surface area contributed by atoms with Gasteiger partial charge in [0.25, 0.3) is 0 Å². The van der Waals surface area contributed by atoms with Crippen molar-refractivity contribution in [3.8, 4) is 34.0 Å². The van der Waals surface area contributed by atoms with Crippen LogP contribution in [0.25, 0.3) is 22.5 Å². The number of benzene rings is 2. The highest BCUT2D eigenvalue weighted by Gasteiger charge is 2.35. The molecule has 8 heteroatoms. The fraction of sp³-hybridized carbons (Fsp3) is 0.485. The highest BCUT2D eigenvalue weighted by atomic mass is 19.2. The van der Waals surface area contributed by atoms with Gasteiger partial charge >= 0.3 is 5.97 Å². The third-order valence-electron chi connectivity index (χ3n) is 7.08. The van der Waals surface area contributed by atoms with E-state index in [2.05, 4.69) is 23.8 Å². The predicted molar refractivity (Wildman–Crippen MR) is 156 cm³/mol. The molecule has 0 N–H and O–H groups in total. The summed E-state index contributed by atoms with van der Waals surface area (Å²) < 4.78 is 54.5. The summed E-state index contributed by atoms with van der Waals surface area (Å²) >= 11 is 0. The van der Waals surface area contributed by atoms with Crippen LogP contribution in [0, 0.1) is 5.92 Å². The molecule has 0 fully saturated rings. The Morgan fingerprint density at radius 3 is 2.02 bits per heavy atom. The van der Waals surface area contributed by atoms with Crippen LogP contribution in [0.5, 0.6) is 11.5 Å². The van der Waals surface area contributed by atoms with Crippen molar-refractivity contribution in [3.63, 3.8) is 0 Å². The van der Waals surface area contributed by atoms with Crippen LogP contribution in [0.15, 0.2) is 60.9 Å². The molecule has 0 aliphatic rings. The lowest BCUT2D eigenvalue weighted by Crippen LogP contribution is -2.36. The van der Waals surface area contributed by atoms with Crippen molar-refractivity contribution >= 4 is 5.97 Å². The lowest BCUT2D eigenvalue weighted by atomic mass is 9.93. The van der Waals surface area contributed by atoms with E-state index in [-0.39, 0.29) is 25.2 Å². The summed E-state index contributed by atoms with van der Waals surface area (Å²) in [6.45, 7) is 8.25. The molecule has 0 saturated heterocycles. The van der Waals surface area contributed by atoms with E-state index < -0.39 is 23.5 Å². The van der Waals surface area contributed by atoms with Gasteiger partial charge in [0.1, 0.15) is 23.8 Å². The van der Waals surface area contributed by atoms with Crippen LogP contribution in [0.2, 0.25) is 0 Å². The third-order valence-corrected chi connectivity index (χ3v) is 7.08. The molecule has 0 radical (unpaired) electrons. The minimum Gasteiger partial charge on any atom is -0.490 e. The zero-order valence-corrected chi connectivity index (χ0v) is 24.6. The van der Waals surface area contributed by atoms with Gasteiger partial charge in [-0.25, -0.2) is 27.9 Å². The standard InChI is InChI=1S/C33H41F3N2O3/c1-6-7-18-33(5,36)31(39)41-28-16-10-24(11-17-28)26-20-37-30(38-21-26)25-12-14-27(15-13-25)40-22-29(34)32(4,35)19-8-9-23(2)3/h10-17,20-21,23,29H,6-9,18-19,22H2,1-5H3. The highest BCUT2D eigenvalue weighted by molar-refractivity contribution is 5.81. The number of ether oxygens (including phenoxy) is 2. The number of nitrogens with zero attached hydrogens (tertiary/aromatic N) is 2. The van der Waals surface area contributed by atoms with Gasteiger partial charge in [0.2, 0.25) is 5.67 Å². The Bertz CT molecular complexity index is 1230. The quantitative estimate of drug-likeness (QED) is 0.135. The van der Waals surface area contributed by atoms with E-state index in [1.54, 1.807) is 60.9 Å². The van der Waals surface area contributed by atoms with Crippen molar-refractivity contribution in [2.45, 2.75) is 90.7 Å². The monoisotopic (exact) mass is 570 g/mol. The number of esters is 1. The topological polar surface area (TPSA) is 61.3 Å². The van der Waals surface area contributed by atoms with Gasteiger partial charge in [0, 0.05) is 23.5 Å². The van der Waals surface area contributed by atoms with Crippen molar-refractivity contribution in [2.24, 2.45) is 5.92 Å². The molecule has 1 heterocycles. The van der Waals surface area contributed by atoms with Crippen LogP contribution in [-0.2, 0) is 4.79 Å². The Labute approximate surface area is 241 Å². The first-order chi connectivity index (χ1) is 19.4. The molecule has 0 aliphatic carbocycles. The average Bonchev–Trinajstić information content (AvgIpc) is 2.95. The maximum Gasteiger partial charge on any atom is 0.348 e. The van der Waals surface area contributed by atoms with Gasteiger partial charge in [-0.3, -0.25) is 0 Å². The number of hydrogen-bond donors (Lipinski definition) is 0. The first-order valence-corrected chi connectivity index (χ1v) is 14.3. The van der Waals surface area contributed by atoms with Gasteiger partial charge < -0.3 is 9.47 Å². The zero-order chi connectivity index (χ0) is 30.0. The van der Waals surface area contributed by atoms with E-state index in [1.807, 2.05) is 6.92 Å². The second-order valence-corrected chi connectivity index (χ2v) is 11.4. The van der Waals surface area contributed by atoms with E-state index in [0.717, 1.165) is 29.5 Å². The molecule has 41 heavy (non-hydrogen) atoms. The minimum atomic E-state index is -2.03. The molecule has 3 unspecified atom stereocenters. The van der Waals surface area contributed by atoms with Crippen LogP contribution in [-0.4, -0.2) is 40.1 Å². The van der Waals surface area contributed by atoms with Crippen LogP contribution < -0.4 is 9.47 Å². The maximum absolute atomic E-state index is 14.7. The normalized spacial score (nSPS) is 15.1. The SMILES string of the molecule is CCCCC(C)(F)C(=O)Oc1ccc(-c2cnc(-c3ccc(OCC(F)C(C)(F)CCCC(C)C)cc3)nc2)cc1. The molecule has 0 spiro atoms. The van der Waals surface area contributed by atoms with Crippen LogP contribution in [0.1, 0.15) is 73.1 Å². The summed E-state index contributed by atoms with van der Waals surface area (Å²) in [7, 11) is 0. The van der Waals surface area contributed by atoms with E-state index in [4.69, 9.17) is 9.47 Å². The molecular weight excluding hydrogens is 529 g/mol. The molecule has 5 nitrogen and oxygen atoms in total. The van der Waals surface area contributed by atoms with Gasteiger partial charge in [-0.2, -0.15) is 0 Å². The molecule has 3 aromatic rings. The summed E-state index contributed by atoms with van der Waals surface area (Å²) in [5, 5.41) is 0. The first-order valence-electron chi connectivity index (χ1n) is 14.3. The summed E-state index contributed by atoms with van der Waals surface area (Å²) in [6, 6.07) is 13.6. The van der Waals surface area contributed by atoms with Gasteiger partial charge in [-0.15, -0.1) is 0 Å². The Morgan fingerprint density at radius 1 is 0.854 bits per heavy atom. The summed E-state index contributed by atoms with van der Waals surface area (Å²) in [6.07, 6.45) is 4.81. The fourth-order valence-corrected chi connectivity index (χ4v) is 4.22. The first kappa shape index (κ1) is 32.1.